The summed E-state index contributed by atoms with van der Waals surface area (Å²) in [6.45, 7) is 1.93. The summed E-state index contributed by atoms with van der Waals surface area (Å²) in [6, 6.07) is 5.72. The predicted molar refractivity (Wildman–Crippen MR) is 61.0 cm³/mol. The molecule has 0 aliphatic carbocycles. The number of rotatable bonds is 6. The Balaban J connectivity index is 2.83. The Hall–Kier alpha value is -0.790. The Labute approximate surface area is 98.6 Å². The lowest BCUT2D eigenvalue weighted by Crippen LogP contribution is -2.17. The molecule has 0 spiro atoms. The highest BCUT2D eigenvalue weighted by Gasteiger charge is 2.08. The lowest BCUT2D eigenvalue weighted by atomic mass is 10.1. The smallest absolute Gasteiger partial charge is 0.134 e. The fourth-order valence-corrected chi connectivity index (χ4v) is 1.87. The van der Waals surface area contributed by atoms with Gasteiger partial charge >= 0.3 is 0 Å². The minimum Gasteiger partial charge on any atom is -0.495 e. The lowest BCUT2D eigenvalue weighted by Gasteiger charge is -2.10. The average molecular weight is 245 g/mol. The molecule has 1 aromatic carbocycles. The van der Waals surface area contributed by atoms with Crippen molar-refractivity contribution in [1.82, 2.24) is 0 Å². The molecule has 0 aliphatic heterocycles. The summed E-state index contributed by atoms with van der Waals surface area (Å²) in [6.07, 6.45) is 0.761. The molecular weight excluding hydrogens is 230 g/mol. The first-order chi connectivity index (χ1) is 7.67. The van der Waals surface area contributed by atoms with E-state index in [1.165, 1.54) is 0 Å². The molecule has 1 aromatic rings. The maximum Gasteiger partial charge on any atom is 0.134 e. The zero-order chi connectivity index (χ0) is 12.0. The number of nitrogens with two attached hydrogens (primary N) is 1. The van der Waals surface area contributed by atoms with Crippen LogP contribution in [0, 0.1) is 0 Å². The SMILES string of the molecule is COc1ccc(C[C@@H](C)N)cc1SOOO. The first-order valence-electron chi connectivity index (χ1n) is 4.74. The van der Waals surface area contributed by atoms with Gasteiger partial charge in [0, 0.05) is 6.04 Å². The van der Waals surface area contributed by atoms with Gasteiger partial charge in [-0.15, -0.1) is 4.33 Å². The van der Waals surface area contributed by atoms with Gasteiger partial charge in [-0.3, -0.25) is 0 Å². The molecule has 6 heteroatoms. The van der Waals surface area contributed by atoms with Gasteiger partial charge in [-0.2, -0.15) is 0 Å². The van der Waals surface area contributed by atoms with Crippen LogP contribution in [0.4, 0.5) is 0 Å². The molecule has 1 atom stereocenters. The van der Waals surface area contributed by atoms with Crippen LogP contribution < -0.4 is 10.5 Å². The van der Waals surface area contributed by atoms with Gasteiger partial charge in [-0.25, -0.2) is 5.26 Å². The molecule has 0 aromatic heterocycles. The zero-order valence-electron chi connectivity index (χ0n) is 9.17. The molecule has 16 heavy (non-hydrogen) atoms. The summed E-state index contributed by atoms with van der Waals surface area (Å²) in [7, 11) is 1.56. The van der Waals surface area contributed by atoms with Crippen LogP contribution in [0.2, 0.25) is 0 Å². The summed E-state index contributed by atoms with van der Waals surface area (Å²) in [5.41, 5.74) is 6.78. The highest BCUT2D eigenvalue weighted by atomic mass is 32.2. The highest BCUT2D eigenvalue weighted by molar-refractivity contribution is 7.94. The Morgan fingerprint density at radius 1 is 1.50 bits per heavy atom. The van der Waals surface area contributed by atoms with E-state index >= 15 is 0 Å². The molecule has 0 saturated carbocycles. The summed E-state index contributed by atoms with van der Waals surface area (Å²) >= 11 is 0.875. The van der Waals surface area contributed by atoms with Crippen molar-refractivity contribution in [3.63, 3.8) is 0 Å². The molecule has 0 unspecified atom stereocenters. The van der Waals surface area contributed by atoms with Crippen molar-refractivity contribution >= 4 is 12.0 Å². The highest BCUT2D eigenvalue weighted by Crippen LogP contribution is 2.31. The van der Waals surface area contributed by atoms with E-state index in [0.29, 0.717) is 5.75 Å². The van der Waals surface area contributed by atoms with Crippen LogP contribution >= 0.6 is 12.0 Å². The van der Waals surface area contributed by atoms with Crippen LogP contribution in [-0.2, 0) is 15.8 Å². The van der Waals surface area contributed by atoms with E-state index < -0.39 is 0 Å². The first-order valence-corrected chi connectivity index (χ1v) is 5.48. The molecule has 0 bridgehead atoms. The molecule has 0 fully saturated rings. The monoisotopic (exact) mass is 245 g/mol. The largest absolute Gasteiger partial charge is 0.495 e. The first kappa shape index (κ1) is 13.3. The Morgan fingerprint density at radius 2 is 2.25 bits per heavy atom. The van der Waals surface area contributed by atoms with Gasteiger partial charge in [0.2, 0.25) is 0 Å². The number of hydrogen-bond acceptors (Lipinski definition) is 6. The second-order valence-electron chi connectivity index (χ2n) is 3.39. The normalized spacial score (nSPS) is 12.5. The topological polar surface area (TPSA) is 73.9 Å². The van der Waals surface area contributed by atoms with E-state index in [9.17, 15) is 0 Å². The van der Waals surface area contributed by atoms with Crippen molar-refractivity contribution in [2.45, 2.75) is 24.3 Å². The second-order valence-corrected chi connectivity index (χ2v) is 4.14. The minimum atomic E-state index is 0.0845. The predicted octanol–water partition coefficient (Wildman–Crippen LogP) is 2.01. The van der Waals surface area contributed by atoms with Crippen molar-refractivity contribution in [2.75, 3.05) is 7.11 Å². The van der Waals surface area contributed by atoms with Crippen molar-refractivity contribution in [2.24, 2.45) is 5.73 Å². The fraction of sp³-hybridized carbons (Fsp3) is 0.400. The zero-order valence-corrected chi connectivity index (χ0v) is 9.99. The van der Waals surface area contributed by atoms with Crippen LogP contribution in [0.15, 0.2) is 23.1 Å². The van der Waals surface area contributed by atoms with E-state index in [0.717, 1.165) is 28.9 Å². The quantitative estimate of drug-likeness (QED) is 0.454. The molecule has 5 nitrogen and oxygen atoms in total. The molecule has 0 aliphatic rings. The summed E-state index contributed by atoms with van der Waals surface area (Å²) < 4.78 is 9.52. The van der Waals surface area contributed by atoms with Crippen molar-refractivity contribution in [3.05, 3.63) is 23.8 Å². The Kier molecular flexibility index (Phi) is 5.58. The third-order valence-electron chi connectivity index (χ3n) is 1.94. The van der Waals surface area contributed by atoms with Gasteiger partial charge < -0.3 is 10.5 Å². The van der Waals surface area contributed by atoms with Gasteiger partial charge in [-0.1, -0.05) is 11.1 Å². The van der Waals surface area contributed by atoms with Crippen molar-refractivity contribution in [1.29, 1.82) is 0 Å². The van der Waals surface area contributed by atoms with Crippen molar-refractivity contribution in [3.8, 4) is 5.75 Å². The number of hydrogen-bond donors (Lipinski definition) is 2. The molecule has 0 heterocycles. The lowest BCUT2D eigenvalue weighted by molar-refractivity contribution is -0.432. The third kappa shape index (κ3) is 3.99. The standard InChI is InChI=1S/C10H15NO4S/c1-7(11)5-8-3-4-9(13-2)10(6-8)16-15-14-12/h3-4,6-7,12H,5,11H2,1-2H3/t7-/m1/s1. The molecule has 3 N–H and O–H groups in total. The Bertz CT molecular complexity index is 333. The summed E-state index contributed by atoms with van der Waals surface area (Å²) in [5.74, 6) is 0.649. The maximum absolute atomic E-state index is 8.10. The van der Waals surface area contributed by atoms with Gasteiger partial charge in [-0.05, 0) is 31.0 Å². The molecular formula is C10H15NO4S. The van der Waals surface area contributed by atoms with Crippen molar-refractivity contribution < 1.29 is 19.4 Å². The molecule has 0 saturated heterocycles. The minimum absolute atomic E-state index is 0.0845. The van der Waals surface area contributed by atoms with E-state index in [1.54, 1.807) is 7.11 Å². The van der Waals surface area contributed by atoms with Crippen LogP contribution in [-0.4, -0.2) is 18.4 Å². The fourth-order valence-electron chi connectivity index (χ4n) is 1.34. The third-order valence-corrected chi connectivity index (χ3v) is 2.57. The average Bonchev–Trinajstić information content (AvgIpc) is 2.25. The Morgan fingerprint density at radius 3 is 2.81 bits per heavy atom. The van der Waals surface area contributed by atoms with E-state index in [-0.39, 0.29) is 6.04 Å². The van der Waals surface area contributed by atoms with E-state index in [1.807, 2.05) is 25.1 Å². The molecule has 1 rings (SSSR count). The van der Waals surface area contributed by atoms with Crippen LogP contribution in [0.3, 0.4) is 0 Å². The van der Waals surface area contributed by atoms with E-state index in [2.05, 4.69) is 9.37 Å². The van der Waals surface area contributed by atoms with Gasteiger partial charge in [0.05, 0.1) is 24.0 Å². The van der Waals surface area contributed by atoms with Gasteiger partial charge in [0.1, 0.15) is 5.75 Å². The van der Waals surface area contributed by atoms with Crippen LogP contribution in [0.25, 0.3) is 0 Å². The van der Waals surface area contributed by atoms with E-state index in [4.69, 9.17) is 15.7 Å². The second kappa shape index (κ2) is 6.72. The number of benzene rings is 1. The summed E-state index contributed by atoms with van der Waals surface area (Å²) in [5, 5.41) is 11.7. The molecule has 0 radical (unpaired) electrons. The molecule has 0 amide bonds. The summed E-state index contributed by atoms with van der Waals surface area (Å²) in [4.78, 5) is 0.717. The maximum atomic E-state index is 8.10. The van der Waals surface area contributed by atoms with Gasteiger partial charge in [0.15, 0.2) is 0 Å². The van der Waals surface area contributed by atoms with Gasteiger partial charge in [0.25, 0.3) is 0 Å². The number of ether oxygens (including phenoxy) is 1. The van der Waals surface area contributed by atoms with Crippen LogP contribution in [0.5, 0.6) is 5.75 Å². The number of methoxy groups -OCH3 is 1. The molecule has 90 valence electrons. The van der Waals surface area contributed by atoms with Crippen LogP contribution in [0.1, 0.15) is 12.5 Å².